The predicted octanol–water partition coefficient (Wildman–Crippen LogP) is 1.80. The van der Waals surface area contributed by atoms with Crippen molar-refractivity contribution in [2.24, 2.45) is 0 Å². The molecule has 0 bridgehead atoms. The van der Waals surface area contributed by atoms with E-state index in [0.717, 1.165) is 0 Å². The highest BCUT2D eigenvalue weighted by atomic mass is 19.1. The van der Waals surface area contributed by atoms with Crippen molar-refractivity contribution >= 4 is 5.97 Å². The fourth-order valence-electron chi connectivity index (χ4n) is 1.46. The van der Waals surface area contributed by atoms with Crippen molar-refractivity contribution in [2.75, 3.05) is 0 Å². The van der Waals surface area contributed by atoms with E-state index < -0.39 is 5.97 Å². The van der Waals surface area contributed by atoms with Gasteiger partial charge in [0, 0.05) is 18.2 Å². The van der Waals surface area contributed by atoms with Crippen LogP contribution in [0, 0.1) is 5.82 Å². The van der Waals surface area contributed by atoms with Gasteiger partial charge in [0.15, 0.2) is 11.5 Å². The van der Waals surface area contributed by atoms with E-state index in [4.69, 9.17) is 9.63 Å². The summed E-state index contributed by atoms with van der Waals surface area (Å²) in [6.07, 6.45) is 0. The number of aromatic nitrogens is 1. The van der Waals surface area contributed by atoms with E-state index in [9.17, 15) is 9.18 Å². The predicted molar refractivity (Wildman–Crippen MR) is 60.4 cm³/mol. The summed E-state index contributed by atoms with van der Waals surface area (Å²) in [5.74, 6) is -1.03. The second-order valence-electron chi connectivity index (χ2n) is 3.68. The van der Waals surface area contributed by atoms with Gasteiger partial charge in [-0.3, -0.25) is 0 Å². The molecule has 0 aliphatic heterocycles. The van der Waals surface area contributed by atoms with Crippen LogP contribution in [0.5, 0.6) is 0 Å². The Hall–Kier alpha value is -2.21. The smallest absolute Gasteiger partial charge is 0.358 e. The summed E-state index contributed by atoms with van der Waals surface area (Å²) < 4.78 is 18.1. The van der Waals surface area contributed by atoms with E-state index in [1.807, 2.05) is 0 Å². The molecule has 2 rings (SSSR count). The topological polar surface area (TPSA) is 75.4 Å². The standard InChI is InChI=1S/C12H11FN2O3/c13-10-4-2-1-3-8(10)6-14-7-9-5-11(12(16)17)15-18-9/h1-5,14H,6-7H2,(H,16,17). The first-order valence-corrected chi connectivity index (χ1v) is 5.30. The lowest BCUT2D eigenvalue weighted by Gasteiger charge is -2.03. The molecule has 94 valence electrons. The fraction of sp³-hybridized carbons (Fsp3) is 0.167. The summed E-state index contributed by atoms with van der Waals surface area (Å²) in [6.45, 7) is 0.615. The number of halogens is 1. The van der Waals surface area contributed by atoms with Crippen LogP contribution < -0.4 is 5.32 Å². The SMILES string of the molecule is O=C(O)c1cc(CNCc2ccccc2F)on1. The molecule has 2 aromatic rings. The molecule has 0 aliphatic rings. The normalized spacial score (nSPS) is 10.5. The van der Waals surface area contributed by atoms with E-state index >= 15 is 0 Å². The Kier molecular flexibility index (Phi) is 3.69. The number of carboxylic acid groups (broad SMARTS) is 1. The van der Waals surface area contributed by atoms with Crippen LogP contribution in [0.1, 0.15) is 21.8 Å². The van der Waals surface area contributed by atoms with Crippen LogP contribution in [0.3, 0.4) is 0 Å². The Morgan fingerprint density at radius 1 is 1.39 bits per heavy atom. The van der Waals surface area contributed by atoms with E-state index in [1.54, 1.807) is 18.2 Å². The van der Waals surface area contributed by atoms with Crippen molar-refractivity contribution in [2.45, 2.75) is 13.1 Å². The highest BCUT2D eigenvalue weighted by Gasteiger charge is 2.10. The lowest BCUT2D eigenvalue weighted by molar-refractivity contribution is 0.0685. The quantitative estimate of drug-likeness (QED) is 0.846. The third kappa shape index (κ3) is 2.92. The van der Waals surface area contributed by atoms with Gasteiger partial charge >= 0.3 is 5.97 Å². The van der Waals surface area contributed by atoms with Crippen molar-refractivity contribution in [3.8, 4) is 0 Å². The zero-order valence-corrected chi connectivity index (χ0v) is 9.39. The number of rotatable bonds is 5. The molecule has 0 unspecified atom stereocenters. The summed E-state index contributed by atoms with van der Waals surface area (Å²) in [7, 11) is 0. The van der Waals surface area contributed by atoms with Gasteiger partial charge in [-0.05, 0) is 6.07 Å². The molecule has 5 nitrogen and oxygen atoms in total. The molecule has 0 aliphatic carbocycles. The van der Waals surface area contributed by atoms with Crippen LogP contribution in [-0.4, -0.2) is 16.2 Å². The third-order valence-electron chi connectivity index (χ3n) is 2.35. The van der Waals surface area contributed by atoms with Crippen LogP contribution >= 0.6 is 0 Å². The van der Waals surface area contributed by atoms with Crippen LogP contribution in [0.2, 0.25) is 0 Å². The zero-order valence-electron chi connectivity index (χ0n) is 9.39. The number of benzene rings is 1. The minimum absolute atomic E-state index is 0.141. The van der Waals surface area contributed by atoms with Gasteiger partial charge in [0.25, 0.3) is 0 Å². The van der Waals surface area contributed by atoms with Gasteiger partial charge < -0.3 is 14.9 Å². The van der Waals surface area contributed by atoms with Crippen LogP contribution in [-0.2, 0) is 13.1 Å². The van der Waals surface area contributed by atoms with Crippen molar-refractivity contribution in [1.82, 2.24) is 10.5 Å². The van der Waals surface area contributed by atoms with Gasteiger partial charge in [-0.2, -0.15) is 0 Å². The third-order valence-corrected chi connectivity index (χ3v) is 2.35. The highest BCUT2D eigenvalue weighted by molar-refractivity contribution is 5.85. The molecule has 0 fully saturated rings. The van der Waals surface area contributed by atoms with Gasteiger partial charge in [-0.15, -0.1) is 0 Å². The molecule has 0 saturated heterocycles. The summed E-state index contributed by atoms with van der Waals surface area (Å²) in [4.78, 5) is 10.6. The molecule has 6 heteroatoms. The first-order chi connectivity index (χ1) is 8.66. The molecule has 1 aromatic carbocycles. The number of hydrogen-bond acceptors (Lipinski definition) is 4. The Morgan fingerprint density at radius 2 is 2.17 bits per heavy atom. The van der Waals surface area contributed by atoms with Gasteiger partial charge in [0.1, 0.15) is 5.82 Å². The number of aromatic carboxylic acids is 1. The lowest BCUT2D eigenvalue weighted by atomic mass is 10.2. The molecule has 1 heterocycles. The molecule has 18 heavy (non-hydrogen) atoms. The number of carboxylic acids is 1. The Morgan fingerprint density at radius 3 is 2.83 bits per heavy atom. The second-order valence-corrected chi connectivity index (χ2v) is 3.68. The number of nitrogens with zero attached hydrogens (tertiary/aromatic N) is 1. The molecule has 0 radical (unpaired) electrons. The van der Waals surface area contributed by atoms with Crippen molar-refractivity contribution < 1.29 is 18.8 Å². The number of carbonyl (C=O) groups is 1. The Labute approximate surface area is 102 Å². The van der Waals surface area contributed by atoms with Crippen LogP contribution in [0.15, 0.2) is 34.9 Å². The van der Waals surface area contributed by atoms with Crippen LogP contribution in [0.25, 0.3) is 0 Å². The fourth-order valence-corrected chi connectivity index (χ4v) is 1.46. The minimum atomic E-state index is -1.14. The Balaban J connectivity index is 1.88. The number of nitrogens with one attached hydrogen (secondary N) is 1. The second kappa shape index (κ2) is 5.42. The van der Waals surface area contributed by atoms with E-state index in [0.29, 0.717) is 17.9 Å². The summed E-state index contributed by atoms with van der Waals surface area (Å²) in [5.41, 5.74) is 0.396. The summed E-state index contributed by atoms with van der Waals surface area (Å²) >= 11 is 0. The van der Waals surface area contributed by atoms with Gasteiger partial charge in [0.2, 0.25) is 0 Å². The molecular formula is C12H11FN2O3. The first-order valence-electron chi connectivity index (χ1n) is 5.30. The minimum Gasteiger partial charge on any atom is -0.476 e. The monoisotopic (exact) mass is 250 g/mol. The molecule has 2 N–H and O–H groups in total. The maximum absolute atomic E-state index is 13.3. The first kappa shape index (κ1) is 12.3. The van der Waals surface area contributed by atoms with Crippen LogP contribution in [0.4, 0.5) is 4.39 Å². The van der Waals surface area contributed by atoms with Gasteiger partial charge in [0.05, 0.1) is 6.54 Å². The van der Waals surface area contributed by atoms with Gasteiger partial charge in [-0.1, -0.05) is 23.4 Å². The maximum Gasteiger partial charge on any atom is 0.358 e. The summed E-state index contributed by atoms with van der Waals surface area (Å²) in [6, 6.07) is 7.75. The van der Waals surface area contributed by atoms with E-state index in [1.165, 1.54) is 12.1 Å². The average Bonchev–Trinajstić information content (AvgIpc) is 2.80. The van der Waals surface area contributed by atoms with E-state index in [-0.39, 0.29) is 18.1 Å². The highest BCUT2D eigenvalue weighted by Crippen LogP contribution is 2.07. The molecular weight excluding hydrogens is 239 g/mol. The van der Waals surface area contributed by atoms with E-state index in [2.05, 4.69) is 10.5 Å². The summed E-state index contributed by atoms with van der Waals surface area (Å²) in [5, 5.41) is 15.0. The molecule has 1 aromatic heterocycles. The maximum atomic E-state index is 13.3. The molecule has 0 saturated carbocycles. The lowest BCUT2D eigenvalue weighted by Crippen LogP contribution is -2.13. The average molecular weight is 250 g/mol. The van der Waals surface area contributed by atoms with Crippen molar-refractivity contribution in [3.63, 3.8) is 0 Å². The number of hydrogen-bond donors (Lipinski definition) is 2. The van der Waals surface area contributed by atoms with Crippen molar-refractivity contribution in [1.29, 1.82) is 0 Å². The molecule has 0 atom stereocenters. The Bertz CT molecular complexity index is 554. The molecule has 0 amide bonds. The largest absolute Gasteiger partial charge is 0.476 e. The zero-order chi connectivity index (χ0) is 13.0. The van der Waals surface area contributed by atoms with Crippen molar-refractivity contribution in [3.05, 3.63) is 53.2 Å². The molecule has 0 spiro atoms. The van der Waals surface area contributed by atoms with Gasteiger partial charge in [-0.25, -0.2) is 9.18 Å².